The molecule has 0 spiro atoms. The maximum atomic E-state index is 9.08. The molecule has 0 fully saturated rings. The molecule has 0 saturated heterocycles. The topological polar surface area (TPSA) is 38.7 Å². The van der Waals surface area contributed by atoms with Crippen molar-refractivity contribution in [1.29, 1.82) is 0 Å². The molecule has 3 heteroatoms. The first kappa shape index (κ1) is 11.7. The van der Waals surface area contributed by atoms with Gasteiger partial charge in [0.05, 0.1) is 14.2 Å². The first-order valence-electron chi connectivity index (χ1n) is 5.55. The summed E-state index contributed by atoms with van der Waals surface area (Å²) in [6, 6.07) is 9.86. The Bertz CT molecular complexity index is 520. The molecule has 0 heterocycles. The standard InChI is InChI=1S/C14H16O3/c1-16-13-9-10(7-8-15)14(17-2)12-6-4-3-5-11(12)13/h3-6,9,15H,7-8H2,1-2H3. The van der Waals surface area contributed by atoms with Gasteiger partial charge >= 0.3 is 0 Å². The van der Waals surface area contributed by atoms with Gasteiger partial charge in [-0.15, -0.1) is 0 Å². The van der Waals surface area contributed by atoms with Crippen molar-refractivity contribution in [1.82, 2.24) is 0 Å². The van der Waals surface area contributed by atoms with E-state index in [-0.39, 0.29) is 6.61 Å². The van der Waals surface area contributed by atoms with Crippen molar-refractivity contribution in [3.8, 4) is 11.5 Å². The molecule has 2 aromatic carbocycles. The van der Waals surface area contributed by atoms with E-state index in [1.165, 1.54) is 0 Å². The molecule has 0 aliphatic heterocycles. The van der Waals surface area contributed by atoms with Gasteiger partial charge in [-0.05, 0) is 12.5 Å². The monoisotopic (exact) mass is 232 g/mol. The van der Waals surface area contributed by atoms with Crippen molar-refractivity contribution in [3.05, 3.63) is 35.9 Å². The fourth-order valence-electron chi connectivity index (χ4n) is 2.09. The number of rotatable bonds is 4. The summed E-state index contributed by atoms with van der Waals surface area (Å²) < 4.78 is 10.8. The Morgan fingerprint density at radius 3 is 2.35 bits per heavy atom. The van der Waals surface area contributed by atoms with Crippen LogP contribution in [0.2, 0.25) is 0 Å². The van der Waals surface area contributed by atoms with Gasteiger partial charge in [0, 0.05) is 22.9 Å². The van der Waals surface area contributed by atoms with E-state index in [4.69, 9.17) is 14.6 Å². The minimum atomic E-state index is 0.0951. The molecule has 0 bridgehead atoms. The molecule has 0 radical (unpaired) electrons. The fourth-order valence-corrected chi connectivity index (χ4v) is 2.09. The minimum Gasteiger partial charge on any atom is -0.496 e. The predicted octanol–water partition coefficient (Wildman–Crippen LogP) is 2.39. The summed E-state index contributed by atoms with van der Waals surface area (Å²) in [5.74, 6) is 1.63. The van der Waals surface area contributed by atoms with Crippen LogP contribution in [-0.4, -0.2) is 25.9 Å². The number of fused-ring (bicyclic) bond motifs is 1. The Morgan fingerprint density at radius 2 is 1.76 bits per heavy atom. The smallest absolute Gasteiger partial charge is 0.130 e. The number of aliphatic hydroxyl groups is 1. The second-order valence-electron chi connectivity index (χ2n) is 3.79. The van der Waals surface area contributed by atoms with Crippen molar-refractivity contribution in [3.63, 3.8) is 0 Å². The van der Waals surface area contributed by atoms with Crippen LogP contribution < -0.4 is 9.47 Å². The van der Waals surface area contributed by atoms with Crippen LogP contribution in [0.25, 0.3) is 10.8 Å². The minimum absolute atomic E-state index is 0.0951. The number of ether oxygens (including phenoxy) is 2. The van der Waals surface area contributed by atoms with Crippen molar-refractivity contribution in [2.24, 2.45) is 0 Å². The highest BCUT2D eigenvalue weighted by atomic mass is 16.5. The second kappa shape index (κ2) is 5.06. The highest BCUT2D eigenvalue weighted by Gasteiger charge is 2.12. The first-order chi connectivity index (χ1) is 8.31. The van der Waals surface area contributed by atoms with Gasteiger partial charge in [0.2, 0.25) is 0 Å². The Morgan fingerprint density at radius 1 is 1.06 bits per heavy atom. The molecule has 90 valence electrons. The van der Waals surface area contributed by atoms with Crippen LogP contribution in [0, 0.1) is 0 Å². The van der Waals surface area contributed by atoms with Gasteiger partial charge in [-0.25, -0.2) is 0 Å². The molecular weight excluding hydrogens is 216 g/mol. The maximum Gasteiger partial charge on any atom is 0.130 e. The van der Waals surface area contributed by atoms with Gasteiger partial charge in [0.1, 0.15) is 11.5 Å². The van der Waals surface area contributed by atoms with E-state index >= 15 is 0 Å². The van der Waals surface area contributed by atoms with Crippen molar-refractivity contribution >= 4 is 10.8 Å². The van der Waals surface area contributed by atoms with E-state index in [1.807, 2.05) is 30.3 Å². The lowest BCUT2D eigenvalue weighted by atomic mass is 10.0. The van der Waals surface area contributed by atoms with Crippen LogP contribution in [0.5, 0.6) is 11.5 Å². The summed E-state index contributed by atoms with van der Waals surface area (Å²) in [5.41, 5.74) is 0.963. The molecule has 2 rings (SSSR count). The maximum absolute atomic E-state index is 9.08. The summed E-state index contributed by atoms with van der Waals surface area (Å²) in [6.07, 6.45) is 0.560. The van der Waals surface area contributed by atoms with Gasteiger partial charge in [-0.3, -0.25) is 0 Å². The quantitative estimate of drug-likeness (QED) is 0.879. The molecule has 1 N–H and O–H groups in total. The third kappa shape index (κ3) is 2.06. The Labute approximate surface area is 101 Å². The molecule has 0 unspecified atom stereocenters. The van der Waals surface area contributed by atoms with Gasteiger partial charge in [-0.2, -0.15) is 0 Å². The van der Waals surface area contributed by atoms with E-state index in [9.17, 15) is 0 Å². The molecule has 2 aromatic rings. The fraction of sp³-hybridized carbons (Fsp3) is 0.286. The van der Waals surface area contributed by atoms with E-state index < -0.39 is 0 Å². The summed E-state index contributed by atoms with van der Waals surface area (Å²) in [7, 11) is 3.30. The number of methoxy groups -OCH3 is 2. The molecular formula is C14H16O3. The van der Waals surface area contributed by atoms with Crippen molar-refractivity contribution in [2.75, 3.05) is 20.8 Å². The SMILES string of the molecule is COc1cc(CCO)c(OC)c2ccccc12. The summed E-state index contributed by atoms with van der Waals surface area (Å²) in [5, 5.41) is 11.1. The number of aliphatic hydroxyl groups excluding tert-OH is 1. The highest BCUT2D eigenvalue weighted by molar-refractivity contribution is 5.94. The molecule has 0 aliphatic carbocycles. The van der Waals surface area contributed by atoms with Crippen LogP contribution in [0.4, 0.5) is 0 Å². The Balaban J connectivity index is 2.74. The third-order valence-electron chi connectivity index (χ3n) is 2.84. The van der Waals surface area contributed by atoms with E-state index in [2.05, 4.69) is 0 Å². The summed E-state index contributed by atoms with van der Waals surface area (Å²) in [4.78, 5) is 0. The van der Waals surface area contributed by atoms with Crippen LogP contribution in [-0.2, 0) is 6.42 Å². The zero-order valence-corrected chi connectivity index (χ0v) is 10.1. The molecule has 0 saturated carbocycles. The lowest BCUT2D eigenvalue weighted by Gasteiger charge is -2.14. The molecule has 17 heavy (non-hydrogen) atoms. The van der Waals surface area contributed by atoms with Gasteiger partial charge in [0.15, 0.2) is 0 Å². The third-order valence-corrected chi connectivity index (χ3v) is 2.84. The number of hydrogen-bond acceptors (Lipinski definition) is 3. The average molecular weight is 232 g/mol. The average Bonchev–Trinajstić information content (AvgIpc) is 2.38. The van der Waals surface area contributed by atoms with Crippen molar-refractivity contribution < 1.29 is 14.6 Å². The Kier molecular flexibility index (Phi) is 3.49. The van der Waals surface area contributed by atoms with Crippen molar-refractivity contribution in [2.45, 2.75) is 6.42 Å². The second-order valence-corrected chi connectivity index (χ2v) is 3.79. The summed E-state index contributed by atoms with van der Waals surface area (Å²) in [6.45, 7) is 0.0951. The molecule has 0 aromatic heterocycles. The lowest BCUT2D eigenvalue weighted by molar-refractivity contribution is 0.296. The van der Waals surface area contributed by atoms with Crippen LogP contribution in [0.15, 0.2) is 30.3 Å². The van der Waals surface area contributed by atoms with Gasteiger partial charge < -0.3 is 14.6 Å². The van der Waals surface area contributed by atoms with E-state index in [0.717, 1.165) is 27.8 Å². The summed E-state index contributed by atoms with van der Waals surface area (Å²) >= 11 is 0. The van der Waals surface area contributed by atoms with Crippen LogP contribution >= 0.6 is 0 Å². The largest absolute Gasteiger partial charge is 0.496 e. The van der Waals surface area contributed by atoms with Gasteiger partial charge in [-0.1, -0.05) is 24.3 Å². The van der Waals surface area contributed by atoms with Gasteiger partial charge in [0.25, 0.3) is 0 Å². The molecule has 0 atom stereocenters. The Hall–Kier alpha value is -1.74. The zero-order valence-electron chi connectivity index (χ0n) is 10.1. The van der Waals surface area contributed by atoms with E-state index in [0.29, 0.717) is 6.42 Å². The zero-order chi connectivity index (χ0) is 12.3. The number of hydrogen-bond donors (Lipinski definition) is 1. The van der Waals surface area contributed by atoms with Crippen LogP contribution in [0.3, 0.4) is 0 Å². The first-order valence-corrected chi connectivity index (χ1v) is 5.55. The number of benzene rings is 2. The molecule has 3 nitrogen and oxygen atoms in total. The predicted molar refractivity (Wildman–Crippen MR) is 67.8 cm³/mol. The van der Waals surface area contributed by atoms with Crippen LogP contribution in [0.1, 0.15) is 5.56 Å². The highest BCUT2D eigenvalue weighted by Crippen LogP contribution is 2.36. The molecule has 0 amide bonds. The molecule has 0 aliphatic rings. The van der Waals surface area contributed by atoms with E-state index in [1.54, 1.807) is 14.2 Å². The normalized spacial score (nSPS) is 10.5. The lowest BCUT2D eigenvalue weighted by Crippen LogP contribution is -1.98.